The monoisotopic (exact) mass is 523 g/mol. The van der Waals surface area contributed by atoms with Gasteiger partial charge in [-0.1, -0.05) is 29.8 Å². The van der Waals surface area contributed by atoms with E-state index in [1.165, 1.54) is 13.2 Å². The number of carbonyl (C=O) groups excluding carboxylic acids is 2. The van der Waals surface area contributed by atoms with Crippen molar-refractivity contribution in [1.82, 2.24) is 0 Å². The molecule has 2 aliphatic rings. The molecule has 0 saturated carbocycles. The van der Waals surface area contributed by atoms with Gasteiger partial charge in [0, 0.05) is 36.9 Å². The van der Waals surface area contributed by atoms with Gasteiger partial charge in [0.2, 0.25) is 11.8 Å². The van der Waals surface area contributed by atoms with Crippen LogP contribution >= 0.6 is 11.6 Å². The van der Waals surface area contributed by atoms with Crippen molar-refractivity contribution in [3.63, 3.8) is 0 Å². The molecule has 0 bridgehead atoms. The van der Waals surface area contributed by atoms with Crippen molar-refractivity contribution >= 4 is 50.3 Å². The molecule has 9 heteroatoms. The molecule has 3 aromatic rings. The van der Waals surface area contributed by atoms with Crippen LogP contribution in [-0.4, -0.2) is 45.1 Å². The molecule has 7 nitrogen and oxygen atoms in total. The number of nitrogens with zero attached hydrogens (tertiary/aromatic N) is 2. The Morgan fingerprint density at radius 1 is 0.972 bits per heavy atom. The van der Waals surface area contributed by atoms with E-state index in [0.29, 0.717) is 29.4 Å². The van der Waals surface area contributed by atoms with Gasteiger partial charge in [-0.3, -0.25) is 9.59 Å². The molecule has 186 valence electrons. The number of fused-ring (bicyclic) bond motifs is 2. The number of nitrogens with one attached hydrogen (secondary N) is 1. The van der Waals surface area contributed by atoms with Gasteiger partial charge in [-0.2, -0.15) is 0 Å². The zero-order valence-electron chi connectivity index (χ0n) is 20.2. The summed E-state index contributed by atoms with van der Waals surface area (Å²) in [6.07, 6.45) is 1.70. The molecular weight excluding hydrogens is 498 g/mol. The smallest absolute Gasteiger partial charge is 0.249 e. The molecule has 0 radical (unpaired) electrons. The molecule has 2 heterocycles. The highest BCUT2D eigenvalue weighted by Gasteiger charge is 2.38. The largest absolute Gasteiger partial charge is 0.373 e. The topological polar surface area (TPSA) is 86.8 Å². The minimum atomic E-state index is -3.31. The van der Waals surface area contributed by atoms with Crippen molar-refractivity contribution in [2.24, 2.45) is 0 Å². The lowest BCUT2D eigenvalue weighted by atomic mass is 9.99. The third kappa shape index (κ3) is 4.35. The quantitative estimate of drug-likeness (QED) is 0.545. The molecule has 1 N–H and O–H groups in total. The van der Waals surface area contributed by atoms with Crippen molar-refractivity contribution in [1.29, 1.82) is 0 Å². The van der Waals surface area contributed by atoms with Crippen LogP contribution in [0.15, 0.2) is 65.6 Å². The highest BCUT2D eigenvalue weighted by atomic mass is 35.5. The molecule has 0 spiro atoms. The van der Waals surface area contributed by atoms with Crippen LogP contribution in [0.2, 0.25) is 5.02 Å². The third-order valence-corrected chi connectivity index (χ3v) is 8.12. The first-order chi connectivity index (χ1) is 17.0. The third-order valence-electron chi connectivity index (χ3n) is 6.75. The number of benzene rings is 3. The van der Waals surface area contributed by atoms with Crippen LogP contribution in [0.25, 0.3) is 11.1 Å². The number of halogens is 1. The summed E-state index contributed by atoms with van der Waals surface area (Å²) in [7, 11) is -3.31. The fourth-order valence-electron chi connectivity index (χ4n) is 5.06. The Morgan fingerprint density at radius 3 is 2.33 bits per heavy atom. The van der Waals surface area contributed by atoms with Gasteiger partial charge >= 0.3 is 0 Å². The molecule has 1 unspecified atom stereocenters. The van der Waals surface area contributed by atoms with Gasteiger partial charge in [0.15, 0.2) is 9.84 Å². The zero-order valence-corrected chi connectivity index (χ0v) is 21.7. The van der Waals surface area contributed by atoms with Crippen LogP contribution in [-0.2, 0) is 25.8 Å². The zero-order chi connectivity index (χ0) is 25.8. The molecule has 2 amide bonds. The average molecular weight is 524 g/mol. The molecule has 0 saturated heterocycles. The molecule has 0 aromatic heterocycles. The lowest BCUT2D eigenvalue weighted by Crippen LogP contribution is -2.54. The van der Waals surface area contributed by atoms with Crippen LogP contribution in [0.4, 0.5) is 17.1 Å². The van der Waals surface area contributed by atoms with Gasteiger partial charge in [-0.05, 0) is 66.1 Å². The van der Waals surface area contributed by atoms with Crippen LogP contribution in [0, 0.1) is 0 Å². The number of amides is 2. The maximum absolute atomic E-state index is 13.8. The van der Waals surface area contributed by atoms with E-state index in [0.717, 1.165) is 22.4 Å². The summed E-state index contributed by atoms with van der Waals surface area (Å²) in [4.78, 5) is 30.0. The van der Waals surface area contributed by atoms with Gasteiger partial charge in [0.25, 0.3) is 0 Å². The van der Waals surface area contributed by atoms with E-state index in [2.05, 4.69) is 5.32 Å². The van der Waals surface area contributed by atoms with E-state index < -0.39 is 15.9 Å². The lowest BCUT2D eigenvalue weighted by molar-refractivity contribution is -0.120. The van der Waals surface area contributed by atoms with Gasteiger partial charge in [0.1, 0.15) is 6.04 Å². The van der Waals surface area contributed by atoms with Gasteiger partial charge in [0.05, 0.1) is 22.3 Å². The maximum atomic E-state index is 13.8. The van der Waals surface area contributed by atoms with E-state index in [1.807, 2.05) is 37.3 Å². The normalized spacial score (nSPS) is 18.9. The second-order valence-electron chi connectivity index (χ2n) is 9.39. The summed E-state index contributed by atoms with van der Waals surface area (Å²) in [5, 5.41) is 3.95. The molecule has 2 atom stereocenters. The minimum Gasteiger partial charge on any atom is -0.373 e. The van der Waals surface area contributed by atoms with Crippen molar-refractivity contribution in [3.05, 3.63) is 71.2 Å². The Morgan fingerprint density at radius 2 is 1.67 bits per heavy atom. The van der Waals surface area contributed by atoms with Crippen LogP contribution in [0.5, 0.6) is 0 Å². The van der Waals surface area contributed by atoms with Crippen LogP contribution in [0.1, 0.15) is 19.4 Å². The number of rotatable bonds is 3. The molecule has 36 heavy (non-hydrogen) atoms. The Labute approximate surface area is 215 Å². The van der Waals surface area contributed by atoms with E-state index >= 15 is 0 Å². The summed E-state index contributed by atoms with van der Waals surface area (Å²) in [6.45, 7) is 3.81. The van der Waals surface area contributed by atoms with Crippen molar-refractivity contribution in [3.8, 4) is 11.1 Å². The SMILES string of the molecule is CC(=O)N1c2ccc(-c3ccc(S(C)(=O)=O)cc3)cc2N(C(=O)C2Cc3cc(Cl)ccc3N2)C[C@@H]1C. The van der Waals surface area contributed by atoms with Crippen LogP contribution in [0.3, 0.4) is 0 Å². The molecular formula is C27H26ClN3O4S. The molecule has 0 aliphatic carbocycles. The summed E-state index contributed by atoms with van der Waals surface area (Å²) < 4.78 is 23.7. The van der Waals surface area contributed by atoms with E-state index in [4.69, 9.17) is 11.6 Å². The summed E-state index contributed by atoms with van der Waals surface area (Å²) >= 11 is 6.15. The lowest BCUT2D eigenvalue weighted by Gasteiger charge is -2.41. The Balaban J connectivity index is 1.53. The fraction of sp³-hybridized carbons (Fsp3) is 0.259. The first-order valence-corrected chi connectivity index (χ1v) is 13.9. The fourth-order valence-corrected chi connectivity index (χ4v) is 5.88. The Bertz CT molecular complexity index is 1490. The van der Waals surface area contributed by atoms with Crippen LogP contribution < -0.4 is 15.1 Å². The van der Waals surface area contributed by atoms with E-state index in [-0.39, 0.29) is 22.8 Å². The second-order valence-corrected chi connectivity index (χ2v) is 11.8. The average Bonchev–Trinajstić information content (AvgIpc) is 3.25. The Kier molecular flexibility index (Phi) is 6.04. The number of sulfone groups is 1. The van der Waals surface area contributed by atoms with Crippen molar-refractivity contribution in [2.45, 2.75) is 37.2 Å². The minimum absolute atomic E-state index is 0.0804. The number of carbonyl (C=O) groups is 2. The van der Waals surface area contributed by atoms with Gasteiger partial charge in [-0.15, -0.1) is 0 Å². The van der Waals surface area contributed by atoms with E-state index in [1.54, 1.807) is 40.1 Å². The predicted octanol–water partition coefficient (Wildman–Crippen LogP) is 4.54. The molecule has 5 rings (SSSR count). The highest BCUT2D eigenvalue weighted by molar-refractivity contribution is 7.90. The van der Waals surface area contributed by atoms with Gasteiger partial charge in [-0.25, -0.2) is 8.42 Å². The van der Waals surface area contributed by atoms with E-state index in [9.17, 15) is 18.0 Å². The summed E-state index contributed by atoms with van der Waals surface area (Å²) in [6, 6.07) is 17.2. The van der Waals surface area contributed by atoms with Gasteiger partial charge < -0.3 is 15.1 Å². The number of hydrogen-bond acceptors (Lipinski definition) is 5. The molecule has 0 fully saturated rings. The first-order valence-electron chi connectivity index (χ1n) is 11.6. The second kappa shape index (κ2) is 8.94. The maximum Gasteiger partial charge on any atom is 0.249 e. The summed E-state index contributed by atoms with van der Waals surface area (Å²) in [5.41, 5.74) is 4.84. The number of hydrogen-bond donors (Lipinski definition) is 1. The molecule has 3 aromatic carbocycles. The highest BCUT2D eigenvalue weighted by Crippen LogP contribution is 2.40. The first kappa shape index (κ1) is 24.3. The number of anilines is 3. The predicted molar refractivity (Wildman–Crippen MR) is 143 cm³/mol. The molecule has 2 aliphatic heterocycles. The Hall–Kier alpha value is -3.36. The van der Waals surface area contributed by atoms with Crippen molar-refractivity contribution in [2.75, 3.05) is 27.9 Å². The standard InChI is InChI=1S/C27H26ClN3O4S/c1-16-15-30(27(33)24-13-20-12-21(28)7-10-23(20)29-24)26-14-19(6-11-25(26)31(16)17(2)32)18-4-8-22(9-5-18)36(3,34)35/h4-12,14,16,24,29H,13,15H2,1-3H3/t16-,24?/m0/s1. The summed E-state index contributed by atoms with van der Waals surface area (Å²) in [5.74, 6) is -0.176. The van der Waals surface area contributed by atoms with Crippen molar-refractivity contribution < 1.29 is 18.0 Å².